The molecule has 1 aromatic rings. The Labute approximate surface area is 363 Å². The van der Waals surface area contributed by atoms with Crippen molar-refractivity contribution in [2.75, 3.05) is 20.3 Å². The molecule has 10 atom stereocenters. The minimum atomic E-state index is -1.09. The molecule has 332 valence electrons. The zero-order valence-corrected chi connectivity index (χ0v) is 38.8. The Balaban J connectivity index is 0.992. The van der Waals surface area contributed by atoms with E-state index < -0.39 is 23.7 Å². The first kappa shape index (κ1) is 44.3. The summed E-state index contributed by atoms with van der Waals surface area (Å²) in [6.45, 7) is 22.6. The fourth-order valence-electron chi connectivity index (χ4n) is 16.2. The van der Waals surface area contributed by atoms with E-state index in [0.717, 1.165) is 57.1 Å². The van der Waals surface area contributed by atoms with Crippen LogP contribution < -0.4 is 5.32 Å². The lowest BCUT2D eigenvalue weighted by Crippen LogP contribution is -2.68. The second-order valence-electron chi connectivity index (χ2n) is 23.3. The minimum absolute atomic E-state index is 0.00578. The van der Waals surface area contributed by atoms with Crippen LogP contribution in [0.1, 0.15) is 163 Å². The number of ether oxygens (including phenoxy) is 2. The molecule has 0 saturated heterocycles. The number of nitrogens with one attached hydrogen (secondary N) is 1. The van der Waals surface area contributed by atoms with Gasteiger partial charge in [0.15, 0.2) is 0 Å². The average Bonchev–Trinajstić information content (AvgIpc) is 3.62. The van der Waals surface area contributed by atoms with Gasteiger partial charge in [-0.15, -0.1) is 0 Å². The maximum absolute atomic E-state index is 14.8. The van der Waals surface area contributed by atoms with Gasteiger partial charge in [0.05, 0.1) is 16.6 Å². The number of esters is 1. The first-order chi connectivity index (χ1) is 28.3. The van der Waals surface area contributed by atoms with Crippen LogP contribution in [-0.4, -0.2) is 48.1 Å². The molecule has 7 aliphatic rings. The van der Waals surface area contributed by atoms with Crippen LogP contribution in [-0.2, 0) is 20.9 Å². The molecule has 6 heteroatoms. The molecule has 0 spiro atoms. The third kappa shape index (κ3) is 7.06. The monoisotopic (exact) mass is 826 g/mol. The summed E-state index contributed by atoms with van der Waals surface area (Å²) in [7, 11) is 1.82. The topological polar surface area (TPSA) is 67.8 Å². The van der Waals surface area contributed by atoms with E-state index in [9.17, 15) is 14.3 Å². The molecular weight excluding hydrogens is 746 g/mol. The molecule has 0 aliphatic heterocycles. The molecule has 0 bridgehead atoms. The predicted molar refractivity (Wildman–Crippen MR) is 241 cm³/mol. The van der Waals surface area contributed by atoms with Crippen molar-refractivity contribution in [2.45, 2.75) is 181 Å². The van der Waals surface area contributed by atoms with Crippen molar-refractivity contribution in [3.05, 3.63) is 71.3 Å². The van der Waals surface area contributed by atoms with Crippen LogP contribution in [0, 0.1) is 56.7 Å². The van der Waals surface area contributed by atoms with Crippen LogP contribution in [0.15, 0.2) is 65.8 Å². The zero-order chi connectivity index (χ0) is 43.0. The molecule has 8 rings (SSSR count). The van der Waals surface area contributed by atoms with Crippen molar-refractivity contribution in [1.29, 1.82) is 0 Å². The van der Waals surface area contributed by atoms with Gasteiger partial charge in [-0.25, -0.2) is 4.39 Å². The lowest BCUT2D eigenvalue weighted by Gasteiger charge is -2.72. The maximum Gasteiger partial charge on any atom is 0.315 e. The molecule has 60 heavy (non-hydrogen) atoms. The van der Waals surface area contributed by atoms with Crippen LogP contribution in [0.25, 0.3) is 0 Å². The molecule has 2 N–H and O–H groups in total. The van der Waals surface area contributed by atoms with E-state index in [-0.39, 0.29) is 39.4 Å². The van der Waals surface area contributed by atoms with Crippen molar-refractivity contribution >= 4 is 5.97 Å². The number of hydrogen-bond acceptors (Lipinski definition) is 5. The normalized spacial score (nSPS) is 44.6. The standard InChI is InChI=1S/C54H80FNO4/c1-37(2)40-19-26-54(56-34-33-53(58)30-27-48(5,59-9)28-31-53)32-29-50(7)42(45(40)54)15-16-44-49(6)22-20-41(47(3,4)43(49)21-23-51(44,50)8)39-17-24-52(36-55,25-18-39)46(57)60-35-38-13-11-10-12-14-38/h10-14,17,20,40,42-45,56,58H,1,15-16,18-19,21-36H2,2-9H3/t40-,42+,43-,44+,45+,48?,49-,50+,51+,52-,53?,54-/m0/s1. The summed E-state index contributed by atoms with van der Waals surface area (Å²) < 4.78 is 26.3. The first-order valence-corrected chi connectivity index (χ1v) is 24.2. The van der Waals surface area contributed by atoms with E-state index in [1.807, 2.05) is 37.4 Å². The highest BCUT2D eigenvalue weighted by atomic mass is 19.1. The Bertz CT molecular complexity index is 1840. The Kier molecular flexibility index (Phi) is 11.6. The van der Waals surface area contributed by atoms with Gasteiger partial charge in [-0.3, -0.25) is 4.79 Å². The van der Waals surface area contributed by atoms with Gasteiger partial charge >= 0.3 is 5.97 Å². The van der Waals surface area contributed by atoms with Crippen LogP contribution in [0.4, 0.5) is 4.39 Å². The SMILES string of the molecule is C=C(C)[C@@H]1CC[C@]2(NCCC3(O)CCC(C)(OC)CC3)CC[C@]3(C)[C@H](CC[C@@H]4[C@@]5(C)CC=C(C6=CC[C@](CF)(C(=O)OCc7ccccc7)CC6)C(C)(C)[C@@H]5CC[C@]43C)[C@@H]12. The summed E-state index contributed by atoms with van der Waals surface area (Å²) in [4.78, 5) is 13.4. The summed E-state index contributed by atoms with van der Waals surface area (Å²) >= 11 is 0. The fourth-order valence-corrected chi connectivity index (χ4v) is 16.2. The summed E-state index contributed by atoms with van der Waals surface area (Å²) in [5, 5.41) is 16.0. The van der Waals surface area contributed by atoms with Crippen molar-refractivity contribution in [2.24, 2.45) is 56.7 Å². The summed E-state index contributed by atoms with van der Waals surface area (Å²) in [5.74, 6) is 2.63. The Hall–Kier alpha value is -2.28. The summed E-state index contributed by atoms with van der Waals surface area (Å²) in [6.07, 6.45) is 21.9. The van der Waals surface area contributed by atoms with Gasteiger partial charge < -0.3 is 19.9 Å². The lowest BCUT2D eigenvalue weighted by atomic mass is 9.33. The number of aliphatic hydroxyl groups is 1. The largest absolute Gasteiger partial charge is 0.460 e. The van der Waals surface area contributed by atoms with Gasteiger partial charge in [-0.05, 0) is 198 Å². The number of methoxy groups -OCH3 is 1. The Morgan fingerprint density at radius 1 is 0.850 bits per heavy atom. The van der Waals surface area contributed by atoms with Gasteiger partial charge in [0.2, 0.25) is 0 Å². The van der Waals surface area contributed by atoms with Gasteiger partial charge in [0, 0.05) is 12.6 Å². The number of fused-ring (bicyclic) bond motifs is 7. The molecule has 0 amide bonds. The lowest BCUT2D eigenvalue weighted by molar-refractivity contribution is -0.221. The van der Waals surface area contributed by atoms with Crippen LogP contribution in [0.5, 0.6) is 0 Å². The van der Waals surface area contributed by atoms with E-state index >= 15 is 0 Å². The molecule has 0 radical (unpaired) electrons. The molecule has 5 fully saturated rings. The van der Waals surface area contributed by atoms with Crippen molar-refractivity contribution < 1.29 is 23.8 Å². The summed E-state index contributed by atoms with van der Waals surface area (Å²) in [5.41, 5.74) is 4.13. The zero-order valence-electron chi connectivity index (χ0n) is 38.8. The van der Waals surface area contributed by atoms with E-state index in [4.69, 9.17) is 9.47 Å². The molecule has 1 aromatic carbocycles. The van der Waals surface area contributed by atoms with Gasteiger partial charge in [-0.1, -0.05) is 89.3 Å². The number of hydrogen-bond donors (Lipinski definition) is 2. The van der Waals surface area contributed by atoms with Gasteiger partial charge in [-0.2, -0.15) is 0 Å². The molecule has 5 nitrogen and oxygen atoms in total. The molecule has 0 unspecified atom stereocenters. The third-order valence-electron chi connectivity index (χ3n) is 20.3. The number of halogens is 1. The number of carbonyl (C=O) groups excluding carboxylic acids is 1. The second kappa shape index (κ2) is 15.8. The number of carbonyl (C=O) groups is 1. The molecular formula is C54H80FNO4. The number of benzene rings is 1. The highest BCUT2D eigenvalue weighted by Gasteiger charge is 2.70. The first-order valence-electron chi connectivity index (χ1n) is 24.2. The maximum atomic E-state index is 14.8. The van der Waals surface area contributed by atoms with Crippen LogP contribution in [0.3, 0.4) is 0 Å². The number of alkyl halides is 1. The Morgan fingerprint density at radius 3 is 2.23 bits per heavy atom. The fraction of sp³-hybridized carbons (Fsp3) is 0.759. The van der Waals surface area contributed by atoms with Crippen molar-refractivity contribution in [1.82, 2.24) is 5.32 Å². The van der Waals surface area contributed by atoms with E-state index in [2.05, 4.69) is 72.5 Å². The van der Waals surface area contributed by atoms with Gasteiger partial charge in [0.25, 0.3) is 0 Å². The van der Waals surface area contributed by atoms with E-state index in [0.29, 0.717) is 42.4 Å². The van der Waals surface area contributed by atoms with E-state index in [1.165, 1.54) is 68.1 Å². The molecule has 7 aliphatic carbocycles. The van der Waals surface area contributed by atoms with Gasteiger partial charge in [0.1, 0.15) is 13.3 Å². The molecule has 5 saturated carbocycles. The van der Waals surface area contributed by atoms with Crippen LogP contribution in [0.2, 0.25) is 0 Å². The smallest absolute Gasteiger partial charge is 0.315 e. The Morgan fingerprint density at radius 2 is 1.58 bits per heavy atom. The van der Waals surface area contributed by atoms with Crippen molar-refractivity contribution in [3.63, 3.8) is 0 Å². The quantitative estimate of drug-likeness (QED) is 0.172. The number of rotatable bonds is 11. The average molecular weight is 826 g/mol. The van der Waals surface area contributed by atoms with Crippen molar-refractivity contribution in [3.8, 4) is 0 Å². The molecule has 0 aromatic heterocycles. The highest BCUT2D eigenvalue weighted by molar-refractivity contribution is 5.78. The molecule has 0 heterocycles. The predicted octanol–water partition coefficient (Wildman–Crippen LogP) is 12.4. The van der Waals surface area contributed by atoms with E-state index in [1.54, 1.807) is 0 Å². The third-order valence-corrected chi connectivity index (χ3v) is 20.3. The van der Waals surface area contributed by atoms with Crippen LogP contribution >= 0.6 is 0 Å². The number of allylic oxidation sites excluding steroid dienone is 5. The summed E-state index contributed by atoms with van der Waals surface area (Å²) in [6, 6.07) is 9.70. The second-order valence-corrected chi connectivity index (χ2v) is 23.3. The highest BCUT2D eigenvalue weighted by Crippen LogP contribution is 2.76. The minimum Gasteiger partial charge on any atom is -0.460 e.